The van der Waals surface area contributed by atoms with E-state index >= 15 is 0 Å². The van der Waals surface area contributed by atoms with Crippen LogP contribution in [0.3, 0.4) is 0 Å². The molecule has 10 heteroatoms. The average Bonchev–Trinajstić information content (AvgIpc) is 2.99. The van der Waals surface area contributed by atoms with Gasteiger partial charge < -0.3 is 25.4 Å². The van der Waals surface area contributed by atoms with E-state index in [9.17, 15) is 15.0 Å². The molecule has 2 aromatic rings. The fraction of sp³-hybridized carbons (Fsp3) is 0.545. The lowest BCUT2D eigenvalue weighted by Crippen LogP contribution is -2.34. The first-order valence-electron chi connectivity index (χ1n) is 6.26. The zero-order valence-electron chi connectivity index (χ0n) is 11.1. The normalized spacial score (nSPS) is 29.3. The van der Waals surface area contributed by atoms with Gasteiger partial charge in [-0.25, -0.2) is 4.98 Å². The number of aliphatic hydroxyl groups is 2. The predicted molar refractivity (Wildman–Crippen MR) is 70.4 cm³/mol. The first kappa shape index (κ1) is 13.9. The number of ether oxygens (including phenoxy) is 2. The van der Waals surface area contributed by atoms with Crippen molar-refractivity contribution in [2.24, 2.45) is 0 Å². The van der Waals surface area contributed by atoms with Crippen molar-refractivity contribution < 1.29 is 19.7 Å². The van der Waals surface area contributed by atoms with Crippen LogP contribution in [0.5, 0.6) is 0 Å². The number of aliphatic hydroxyl groups excluding tert-OH is 2. The van der Waals surface area contributed by atoms with E-state index in [4.69, 9.17) is 15.2 Å². The van der Waals surface area contributed by atoms with Crippen molar-refractivity contribution in [2.45, 2.75) is 24.5 Å². The lowest BCUT2D eigenvalue weighted by Gasteiger charge is -2.19. The summed E-state index contributed by atoms with van der Waals surface area (Å²) in [5.74, 6) is -0.0551. The molecule has 0 spiro atoms. The van der Waals surface area contributed by atoms with E-state index in [2.05, 4.69) is 15.0 Å². The third-order valence-electron chi connectivity index (χ3n) is 3.49. The fourth-order valence-electron chi connectivity index (χ4n) is 2.48. The number of aromatic nitrogens is 4. The molecule has 21 heavy (non-hydrogen) atoms. The molecule has 0 aliphatic carbocycles. The highest BCUT2D eigenvalue weighted by atomic mass is 16.6. The second kappa shape index (κ2) is 5.07. The Bertz CT molecular complexity index is 713. The summed E-state index contributed by atoms with van der Waals surface area (Å²) in [7, 11) is 1.41. The Kier molecular flexibility index (Phi) is 3.37. The van der Waals surface area contributed by atoms with Crippen LogP contribution in [0.2, 0.25) is 0 Å². The summed E-state index contributed by atoms with van der Waals surface area (Å²) < 4.78 is 12.2. The lowest BCUT2D eigenvalue weighted by molar-refractivity contribution is -0.0583. The summed E-state index contributed by atoms with van der Waals surface area (Å²) >= 11 is 0. The lowest BCUT2D eigenvalue weighted by atomic mass is 10.1. The molecule has 0 bridgehead atoms. The maximum Gasteiger partial charge on any atom is 0.280 e. The van der Waals surface area contributed by atoms with Gasteiger partial charge in [0.2, 0.25) is 5.95 Å². The molecule has 1 aliphatic rings. The summed E-state index contributed by atoms with van der Waals surface area (Å²) in [6.07, 6.45) is -1.96. The molecule has 1 aliphatic heterocycles. The number of nitrogen functional groups attached to an aromatic ring is 1. The minimum atomic E-state index is -1.01. The molecule has 2 aromatic heterocycles. The minimum Gasteiger partial charge on any atom is -0.394 e. The van der Waals surface area contributed by atoms with E-state index in [-0.39, 0.29) is 23.7 Å². The SMILES string of the molecule is CO[C@H]1[C@@H](O)[C@@H](CO)O[C@H]1n1cnc2c(=O)[nH]c(N)nc21. The van der Waals surface area contributed by atoms with Crippen LogP contribution in [-0.2, 0) is 9.47 Å². The molecular weight excluding hydrogens is 282 g/mol. The standard InChI is InChI=1S/C11H15N5O5/c1-20-7-6(18)4(2-17)21-10(7)16-3-13-5-8(16)14-11(12)15-9(5)19/h3-4,6-7,10,17-18H,2H2,1H3,(H3,12,14,15,19)/t4-,6+,7+,10-/m1/s1. The van der Waals surface area contributed by atoms with Gasteiger partial charge in [0.25, 0.3) is 5.56 Å². The summed E-state index contributed by atoms with van der Waals surface area (Å²) in [6.45, 7) is -0.361. The number of nitrogens with one attached hydrogen (secondary N) is 1. The maximum absolute atomic E-state index is 11.8. The van der Waals surface area contributed by atoms with E-state index in [1.165, 1.54) is 18.0 Å². The number of fused-ring (bicyclic) bond motifs is 1. The van der Waals surface area contributed by atoms with Gasteiger partial charge in [0, 0.05) is 7.11 Å². The van der Waals surface area contributed by atoms with Crippen molar-refractivity contribution in [3.05, 3.63) is 16.7 Å². The number of rotatable bonds is 3. The molecule has 1 saturated heterocycles. The van der Waals surface area contributed by atoms with E-state index < -0.39 is 30.1 Å². The summed E-state index contributed by atoms with van der Waals surface area (Å²) in [5, 5.41) is 19.3. The number of nitrogens with zero attached hydrogens (tertiary/aromatic N) is 3. The molecule has 0 amide bonds. The summed E-state index contributed by atoms with van der Waals surface area (Å²) in [5.41, 5.74) is 5.38. The highest BCUT2D eigenvalue weighted by Crippen LogP contribution is 2.32. The van der Waals surface area contributed by atoms with Crippen LogP contribution in [0.4, 0.5) is 5.95 Å². The zero-order valence-corrected chi connectivity index (χ0v) is 11.1. The topological polar surface area (TPSA) is 149 Å². The third-order valence-corrected chi connectivity index (χ3v) is 3.49. The number of aromatic amines is 1. The molecule has 3 rings (SSSR count). The molecule has 0 aromatic carbocycles. The second-order valence-electron chi connectivity index (χ2n) is 4.71. The molecule has 0 saturated carbocycles. The maximum atomic E-state index is 11.8. The first-order chi connectivity index (χ1) is 10.1. The molecule has 1 fully saturated rings. The Balaban J connectivity index is 2.10. The van der Waals surface area contributed by atoms with Crippen LogP contribution < -0.4 is 11.3 Å². The Labute approximate surface area is 118 Å². The zero-order chi connectivity index (χ0) is 15.1. The van der Waals surface area contributed by atoms with Gasteiger partial charge in [-0.05, 0) is 0 Å². The number of H-pyrrole nitrogens is 1. The molecule has 114 valence electrons. The summed E-state index contributed by atoms with van der Waals surface area (Å²) in [4.78, 5) is 22.1. The summed E-state index contributed by atoms with van der Waals surface area (Å²) in [6, 6.07) is 0. The number of anilines is 1. The van der Waals surface area contributed by atoms with Crippen LogP contribution in [0.15, 0.2) is 11.1 Å². The third kappa shape index (κ3) is 2.08. The average molecular weight is 297 g/mol. The molecule has 10 nitrogen and oxygen atoms in total. The van der Waals surface area contributed by atoms with E-state index in [0.717, 1.165) is 0 Å². The van der Waals surface area contributed by atoms with Gasteiger partial charge in [0.05, 0.1) is 12.9 Å². The Morgan fingerprint density at radius 2 is 2.38 bits per heavy atom. The van der Waals surface area contributed by atoms with Crippen molar-refractivity contribution in [1.29, 1.82) is 0 Å². The molecular formula is C11H15N5O5. The van der Waals surface area contributed by atoms with Gasteiger partial charge in [-0.1, -0.05) is 0 Å². The van der Waals surface area contributed by atoms with E-state index in [1.807, 2.05) is 0 Å². The highest BCUT2D eigenvalue weighted by Gasteiger charge is 2.45. The number of hydrogen-bond donors (Lipinski definition) is 4. The van der Waals surface area contributed by atoms with Crippen molar-refractivity contribution in [2.75, 3.05) is 19.5 Å². The van der Waals surface area contributed by atoms with Crippen LogP contribution in [-0.4, -0.2) is 61.8 Å². The van der Waals surface area contributed by atoms with E-state index in [1.54, 1.807) is 0 Å². The number of nitrogens with two attached hydrogens (primary N) is 1. The van der Waals surface area contributed by atoms with Gasteiger partial charge in [-0.15, -0.1) is 0 Å². The molecule has 3 heterocycles. The molecule has 0 unspecified atom stereocenters. The Morgan fingerprint density at radius 3 is 3.05 bits per heavy atom. The first-order valence-corrected chi connectivity index (χ1v) is 6.26. The minimum absolute atomic E-state index is 0.0551. The largest absolute Gasteiger partial charge is 0.394 e. The van der Waals surface area contributed by atoms with E-state index in [0.29, 0.717) is 0 Å². The van der Waals surface area contributed by atoms with Crippen LogP contribution in [0.1, 0.15) is 6.23 Å². The molecule has 5 N–H and O–H groups in total. The van der Waals surface area contributed by atoms with Crippen LogP contribution >= 0.6 is 0 Å². The van der Waals surface area contributed by atoms with Gasteiger partial charge in [0.15, 0.2) is 17.4 Å². The van der Waals surface area contributed by atoms with Gasteiger partial charge in [-0.2, -0.15) is 4.98 Å². The Morgan fingerprint density at radius 1 is 1.62 bits per heavy atom. The van der Waals surface area contributed by atoms with Crippen molar-refractivity contribution in [3.63, 3.8) is 0 Å². The molecule has 0 radical (unpaired) electrons. The van der Waals surface area contributed by atoms with Crippen molar-refractivity contribution >= 4 is 17.1 Å². The number of hydrogen-bond acceptors (Lipinski definition) is 8. The number of methoxy groups -OCH3 is 1. The smallest absolute Gasteiger partial charge is 0.280 e. The van der Waals surface area contributed by atoms with Gasteiger partial charge >= 0.3 is 0 Å². The Hall–Kier alpha value is -2.01. The van der Waals surface area contributed by atoms with Crippen molar-refractivity contribution in [1.82, 2.24) is 19.5 Å². The van der Waals surface area contributed by atoms with Gasteiger partial charge in [-0.3, -0.25) is 14.3 Å². The van der Waals surface area contributed by atoms with Crippen LogP contribution in [0.25, 0.3) is 11.2 Å². The highest BCUT2D eigenvalue weighted by molar-refractivity contribution is 5.70. The second-order valence-corrected chi connectivity index (χ2v) is 4.71. The monoisotopic (exact) mass is 297 g/mol. The van der Waals surface area contributed by atoms with Crippen LogP contribution in [0, 0.1) is 0 Å². The molecule has 4 atom stereocenters. The quantitative estimate of drug-likeness (QED) is 0.506. The van der Waals surface area contributed by atoms with Gasteiger partial charge in [0.1, 0.15) is 18.3 Å². The predicted octanol–water partition coefficient (Wildman–Crippen LogP) is -2.03. The fourth-order valence-corrected chi connectivity index (χ4v) is 2.48. The number of imidazole rings is 1. The van der Waals surface area contributed by atoms with Crippen molar-refractivity contribution in [3.8, 4) is 0 Å².